The van der Waals surface area contributed by atoms with Gasteiger partial charge >= 0.3 is 0 Å². The van der Waals surface area contributed by atoms with E-state index in [-0.39, 0.29) is 0 Å². The van der Waals surface area contributed by atoms with Crippen LogP contribution in [0.3, 0.4) is 0 Å². The van der Waals surface area contributed by atoms with Gasteiger partial charge in [-0.05, 0) is 54.6 Å². The molecule has 8 aromatic carbocycles. The van der Waals surface area contributed by atoms with E-state index < -0.39 is 0 Å². The number of rotatable bonds is 5. The van der Waals surface area contributed by atoms with Crippen molar-refractivity contribution in [3.63, 3.8) is 0 Å². The molecule has 0 amide bonds. The lowest BCUT2D eigenvalue weighted by molar-refractivity contribution is 0.666. The first-order valence-electron chi connectivity index (χ1n) is 19.1. The van der Waals surface area contributed by atoms with E-state index in [9.17, 15) is 0 Å². The third-order valence-electron chi connectivity index (χ3n) is 11.2. The largest absolute Gasteiger partial charge is 0.454 e. The smallest absolute Gasteiger partial charge is 0.164 e. The van der Waals surface area contributed by atoms with E-state index in [2.05, 4.69) is 137 Å². The molecule has 266 valence electrons. The Morgan fingerprint density at radius 1 is 0.333 bits per heavy atom. The molecule has 0 aliphatic rings. The average molecular weight is 730 g/mol. The quantitative estimate of drug-likeness (QED) is 0.177. The Morgan fingerprint density at radius 3 is 1.28 bits per heavy atom. The molecule has 0 saturated carbocycles. The summed E-state index contributed by atoms with van der Waals surface area (Å²) in [4.78, 5) is 15.1. The first-order chi connectivity index (χ1) is 28.3. The van der Waals surface area contributed by atoms with Gasteiger partial charge in [-0.25, -0.2) is 15.0 Å². The van der Waals surface area contributed by atoms with Gasteiger partial charge in [-0.2, -0.15) is 0 Å². The molecule has 57 heavy (non-hydrogen) atoms. The van der Waals surface area contributed by atoms with Gasteiger partial charge in [0.05, 0.1) is 27.8 Å². The molecule has 6 heteroatoms. The molecule has 0 bridgehead atoms. The topological polar surface area (TPSA) is 61.7 Å². The van der Waals surface area contributed by atoms with Crippen LogP contribution < -0.4 is 0 Å². The second kappa shape index (κ2) is 12.3. The van der Waals surface area contributed by atoms with Crippen LogP contribution in [-0.4, -0.2) is 24.1 Å². The summed E-state index contributed by atoms with van der Waals surface area (Å²) in [7, 11) is 0. The zero-order valence-electron chi connectivity index (χ0n) is 30.5. The number of aromatic nitrogens is 5. The lowest BCUT2D eigenvalue weighted by Crippen LogP contribution is -2.00. The van der Waals surface area contributed by atoms with E-state index >= 15 is 0 Å². The van der Waals surface area contributed by atoms with E-state index in [0.29, 0.717) is 17.5 Å². The number of hydrogen-bond donors (Lipinski definition) is 0. The summed E-state index contributed by atoms with van der Waals surface area (Å²) in [5.41, 5.74) is 10.9. The van der Waals surface area contributed by atoms with Crippen LogP contribution in [0.25, 0.3) is 111 Å². The second-order valence-corrected chi connectivity index (χ2v) is 14.4. The van der Waals surface area contributed by atoms with Gasteiger partial charge in [-0.15, -0.1) is 0 Å². The fourth-order valence-corrected chi connectivity index (χ4v) is 8.60. The molecule has 12 rings (SSSR count). The highest BCUT2D eigenvalue weighted by Gasteiger charge is 2.22. The minimum absolute atomic E-state index is 0.597. The van der Waals surface area contributed by atoms with Crippen molar-refractivity contribution in [2.45, 2.75) is 0 Å². The molecular weight excluding hydrogens is 699 g/mol. The van der Waals surface area contributed by atoms with Crippen molar-refractivity contribution in [1.82, 2.24) is 24.1 Å². The number of fused-ring (bicyclic) bond motifs is 9. The molecule has 0 spiro atoms. The molecule has 0 atom stereocenters. The average Bonchev–Trinajstić information content (AvgIpc) is 3.94. The van der Waals surface area contributed by atoms with E-state index in [1.54, 1.807) is 0 Å². The summed E-state index contributed by atoms with van der Waals surface area (Å²) < 4.78 is 11.7. The van der Waals surface area contributed by atoms with E-state index in [4.69, 9.17) is 19.4 Å². The molecule has 4 aromatic heterocycles. The zero-order valence-corrected chi connectivity index (χ0v) is 30.5. The highest BCUT2D eigenvalue weighted by Crippen LogP contribution is 2.42. The van der Waals surface area contributed by atoms with Gasteiger partial charge in [0, 0.05) is 54.7 Å². The van der Waals surface area contributed by atoms with Crippen molar-refractivity contribution in [3.05, 3.63) is 188 Å². The lowest BCUT2D eigenvalue weighted by atomic mass is 10.1. The van der Waals surface area contributed by atoms with Crippen LogP contribution in [-0.2, 0) is 0 Å². The molecule has 0 saturated heterocycles. The highest BCUT2D eigenvalue weighted by atomic mass is 16.3. The lowest BCUT2D eigenvalue weighted by Gasteiger charge is -2.14. The van der Waals surface area contributed by atoms with E-state index in [1.807, 2.05) is 60.7 Å². The Kier molecular flexibility index (Phi) is 6.83. The Labute approximate surface area is 326 Å². The number of hydrogen-bond acceptors (Lipinski definition) is 4. The molecule has 12 aromatic rings. The minimum Gasteiger partial charge on any atom is -0.454 e. The molecule has 0 aliphatic carbocycles. The normalized spacial score (nSPS) is 11.9. The van der Waals surface area contributed by atoms with Crippen LogP contribution in [0.1, 0.15) is 0 Å². The van der Waals surface area contributed by atoms with Crippen molar-refractivity contribution in [2.24, 2.45) is 0 Å². The van der Waals surface area contributed by atoms with Crippen molar-refractivity contribution in [3.8, 4) is 45.5 Å². The van der Waals surface area contributed by atoms with Gasteiger partial charge in [-0.3, -0.25) is 0 Å². The maximum absolute atomic E-state index is 6.95. The van der Waals surface area contributed by atoms with Crippen LogP contribution in [0.2, 0.25) is 0 Å². The van der Waals surface area contributed by atoms with Gasteiger partial charge < -0.3 is 13.6 Å². The van der Waals surface area contributed by atoms with Crippen LogP contribution in [0.15, 0.2) is 192 Å². The van der Waals surface area contributed by atoms with Crippen molar-refractivity contribution in [1.29, 1.82) is 0 Å². The molecule has 6 nitrogen and oxygen atoms in total. The highest BCUT2D eigenvalue weighted by molar-refractivity contribution is 6.15. The number of benzene rings is 8. The summed E-state index contributed by atoms with van der Waals surface area (Å²) in [6, 6.07) is 65.6. The maximum atomic E-state index is 6.95. The molecule has 0 N–H and O–H groups in total. The molecule has 0 fully saturated rings. The molecule has 0 aliphatic heterocycles. The molecular formula is C51H31N5O. The number of furan rings is 1. The summed E-state index contributed by atoms with van der Waals surface area (Å²) in [5, 5.41) is 6.80. The Balaban J connectivity index is 1.17. The molecule has 0 radical (unpaired) electrons. The number of para-hydroxylation sites is 4. The number of nitrogens with zero attached hydrogens (tertiary/aromatic N) is 5. The zero-order chi connectivity index (χ0) is 37.5. The van der Waals surface area contributed by atoms with Crippen LogP contribution >= 0.6 is 0 Å². The van der Waals surface area contributed by atoms with Gasteiger partial charge in [0.15, 0.2) is 23.1 Å². The summed E-state index contributed by atoms with van der Waals surface area (Å²) >= 11 is 0. The van der Waals surface area contributed by atoms with E-state index in [0.717, 1.165) is 72.1 Å². The van der Waals surface area contributed by atoms with Gasteiger partial charge in [0.2, 0.25) is 0 Å². The molecule has 0 unspecified atom stereocenters. The predicted molar refractivity (Wildman–Crippen MR) is 232 cm³/mol. The van der Waals surface area contributed by atoms with Crippen molar-refractivity contribution in [2.75, 3.05) is 0 Å². The Hall–Kier alpha value is -7.83. The SMILES string of the molecule is c1ccc(-c2nc(-c3ccccc3)nc(-c3ccc4oc5c(-n6c7ccccc7c7ccccc76)cc(-n6c7ccccc7c7ccccc76)cc5c4c3)n2)cc1. The minimum atomic E-state index is 0.597. The summed E-state index contributed by atoms with van der Waals surface area (Å²) in [6.45, 7) is 0. The van der Waals surface area contributed by atoms with Gasteiger partial charge in [-0.1, -0.05) is 133 Å². The van der Waals surface area contributed by atoms with Crippen LogP contribution in [0, 0.1) is 0 Å². The third-order valence-corrected chi connectivity index (χ3v) is 11.2. The summed E-state index contributed by atoms with van der Waals surface area (Å²) in [5.74, 6) is 1.85. The monoisotopic (exact) mass is 729 g/mol. The second-order valence-electron chi connectivity index (χ2n) is 14.4. The predicted octanol–water partition coefficient (Wildman–Crippen LogP) is 13.0. The summed E-state index contributed by atoms with van der Waals surface area (Å²) in [6.07, 6.45) is 0. The maximum Gasteiger partial charge on any atom is 0.164 e. The van der Waals surface area contributed by atoms with Crippen molar-refractivity contribution >= 4 is 65.6 Å². The van der Waals surface area contributed by atoms with Crippen LogP contribution in [0.5, 0.6) is 0 Å². The molecule has 4 heterocycles. The van der Waals surface area contributed by atoms with Gasteiger partial charge in [0.1, 0.15) is 5.58 Å². The van der Waals surface area contributed by atoms with Crippen LogP contribution in [0.4, 0.5) is 0 Å². The first kappa shape index (κ1) is 31.5. The van der Waals surface area contributed by atoms with Crippen molar-refractivity contribution < 1.29 is 4.42 Å². The first-order valence-corrected chi connectivity index (χ1v) is 19.1. The fourth-order valence-electron chi connectivity index (χ4n) is 8.60. The Bertz CT molecular complexity index is 3360. The van der Waals surface area contributed by atoms with E-state index in [1.165, 1.54) is 21.5 Å². The Morgan fingerprint density at radius 2 is 0.772 bits per heavy atom. The standard InChI is InChI=1S/C51H31N5O/c1-3-15-32(16-4-1)49-52-50(33-17-5-2-6-18-33)54-51(53-49)34-27-28-47-40(29-34)41-30-35(55-42-23-11-7-19-36(42)37-20-8-12-24-43(37)55)31-46(48(41)57-47)56-44-25-13-9-21-38(44)39-22-10-14-26-45(39)56/h1-31H. The fraction of sp³-hybridized carbons (Fsp3) is 0. The van der Waals surface area contributed by atoms with Gasteiger partial charge in [0.25, 0.3) is 0 Å². The third kappa shape index (κ3) is 4.87.